The third-order valence-corrected chi connectivity index (χ3v) is 3.00. The van der Waals surface area contributed by atoms with E-state index in [1.54, 1.807) is 0 Å². The first-order valence-corrected chi connectivity index (χ1v) is 5.41. The van der Waals surface area contributed by atoms with Crippen LogP contribution in [0.3, 0.4) is 0 Å². The molecule has 0 saturated carbocycles. The highest BCUT2D eigenvalue weighted by Crippen LogP contribution is 2.20. The molecular formula is C12H16N2O2. The number of cyclic esters (lactones) is 1. The van der Waals surface area contributed by atoms with Crippen molar-refractivity contribution < 1.29 is 9.53 Å². The third kappa shape index (κ3) is 1.96. The first-order valence-electron chi connectivity index (χ1n) is 5.41. The predicted molar refractivity (Wildman–Crippen MR) is 62.0 cm³/mol. The molecule has 1 fully saturated rings. The molecule has 1 aromatic heterocycles. The van der Waals surface area contributed by atoms with Crippen LogP contribution >= 0.6 is 0 Å². The molecule has 16 heavy (non-hydrogen) atoms. The van der Waals surface area contributed by atoms with E-state index in [4.69, 9.17) is 4.74 Å². The standard InChI is InChI=1S/C12H16N2O2/c1-3-12(9-16-11(15)13-12)7-6-10-5-4-8-14(10)2/h4-8H,3,9H2,1-2H3,(H,13,15)/t12-/m1/s1. The number of rotatable bonds is 3. The van der Waals surface area contributed by atoms with E-state index in [0.717, 1.165) is 12.1 Å². The number of hydrogen-bond donors (Lipinski definition) is 1. The number of aryl methyl sites for hydroxylation is 1. The van der Waals surface area contributed by atoms with Gasteiger partial charge in [-0.3, -0.25) is 0 Å². The van der Waals surface area contributed by atoms with E-state index in [9.17, 15) is 4.79 Å². The number of hydrogen-bond acceptors (Lipinski definition) is 2. The van der Waals surface area contributed by atoms with Crippen LogP contribution in [0.25, 0.3) is 6.08 Å². The SMILES string of the molecule is CC[C@@]1(C=Cc2cccn2C)COC(=O)N1. The molecular weight excluding hydrogens is 204 g/mol. The quantitative estimate of drug-likeness (QED) is 0.845. The fraction of sp³-hybridized carbons (Fsp3) is 0.417. The van der Waals surface area contributed by atoms with Gasteiger partial charge in [-0.1, -0.05) is 13.0 Å². The molecule has 0 spiro atoms. The molecule has 2 heterocycles. The van der Waals surface area contributed by atoms with Gasteiger partial charge in [-0.15, -0.1) is 0 Å². The molecule has 0 aliphatic carbocycles. The van der Waals surface area contributed by atoms with Crippen molar-refractivity contribution in [2.75, 3.05) is 6.61 Å². The van der Waals surface area contributed by atoms with Crippen LogP contribution in [-0.4, -0.2) is 22.8 Å². The van der Waals surface area contributed by atoms with Crippen LogP contribution in [0.4, 0.5) is 4.79 Å². The van der Waals surface area contributed by atoms with Gasteiger partial charge < -0.3 is 14.6 Å². The third-order valence-electron chi connectivity index (χ3n) is 3.00. The molecule has 0 bridgehead atoms. The summed E-state index contributed by atoms with van der Waals surface area (Å²) in [7, 11) is 1.99. The van der Waals surface area contributed by atoms with Crippen molar-refractivity contribution in [3.63, 3.8) is 0 Å². The Morgan fingerprint density at radius 2 is 2.50 bits per heavy atom. The molecule has 1 aliphatic rings. The Kier molecular flexibility index (Phi) is 2.73. The average molecular weight is 220 g/mol. The molecule has 1 amide bonds. The zero-order valence-corrected chi connectivity index (χ0v) is 9.56. The molecule has 4 nitrogen and oxygen atoms in total. The van der Waals surface area contributed by atoms with E-state index in [1.807, 2.05) is 49.0 Å². The highest BCUT2D eigenvalue weighted by molar-refractivity contribution is 5.72. The van der Waals surface area contributed by atoms with Gasteiger partial charge in [0.1, 0.15) is 6.61 Å². The summed E-state index contributed by atoms with van der Waals surface area (Å²) in [5.74, 6) is 0. The maximum Gasteiger partial charge on any atom is 0.408 e. The van der Waals surface area contributed by atoms with Crippen LogP contribution in [0.1, 0.15) is 19.0 Å². The largest absolute Gasteiger partial charge is 0.447 e. The normalized spacial score (nSPS) is 24.8. The van der Waals surface area contributed by atoms with Gasteiger partial charge in [-0.2, -0.15) is 0 Å². The summed E-state index contributed by atoms with van der Waals surface area (Å²) in [5.41, 5.74) is 0.760. The van der Waals surface area contributed by atoms with Crippen molar-refractivity contribution in [3.05, 3.63) is 30.1 Å². The Morgan fingerprint density at radius 3 is 3.00 bits per heavy atom. The number of carbonyl (C=O) groups excluding carboxylic acids is 1. The summed E-state index contributed by atoms with van der Waals surface area (Å²) in [5, 5.41) is 2.84. The molecule has 0 radical (unpaired) electrons. The van der Waals surface area contributed by atoms with Crippen molar-refractivity contribution >= 4 is 12.2 Å². The Bertz CT molecular complexity index is 422. The molecule has 1 aromatic rings. The van der Waals surface area contributed by atoms with Crippen molar-refractivity contribution in [1.82, 2.24) is 9.88 Å². The Hall–Kier alpha value is -1.71. The fourth-order valence-electron chi connectivity index (χ4n) is 1.76. The van der Waals surface area contributed by atoms with E-state index in [0.29, 0.717) is 6.61 Å². The fourth-order valence-corrected chi connectivity index (χ4v) is 1.76. The van der Waals surface area contributed by atoms with Crippen molar-refractivity contribution in [1.29, 1.82) is 0 Å². The minimum Gasteiger partial charge on any atom is -0.447 e. The average Bonchev–Trinajstić information content (AvgIpc) is 2.83. The van der Waals surface area contributed by atoms with E-state index in [2.05, 4.69) is 5.32 Å². The molecule has 1 atom stereocenters. The van der Waals surface area contributed by atoms with Crippen LogP contribution < -0.4 is 5.32 Å². The maximum atomic E-state index is 11.1. The number of aromatic nitrogens is 1. The Labute approximate surface area is 94.9 Å². The second-order valence-corrected chi connectivity index (χ2v) is 4.09. The minimum atomic E-state index is -0.346. The lowest BCUT2D eigenvalue weighted by Gasteiger charge is -2.19. The predicted octanol–water partition coefficient (Wildman–Crippen LogP) is 1.93. The zero-order chi connectivity index (χ0) is 11.6. The van der Waals surface area contributed by atoms with E-state index in [1.165, 1.54) is 0 Å². The Balaban J connectivity index is 2.16. The number of ether oxygens (including phenoxy) is 1. The lowest BCUT2D eigenvalue weighted by Crippen LogP contribution is -2.40. The Morgan fingerprint density at radius 1 is 1.69 bits per heavy atom. The number of alkyl carbamates (subject to hydrolysis) is 1. The van der Waals surface area contributed by atoms with Gasteiger partial charge in [0, 0.05) is 18.9 Å². The van der Waals surface area contributed by atoms with Gasteiger partial charge in [0.25, 0.3) is 0 Å². The zero-order valence-electron chi connectivity index (χ0n) is 9.56. The van der Waals surface area contributed by atoms with E-state index >= 15 is 0 Å². The van der Waals surface area contributed by atoms with Gasteiger partial charge >= 0.3 is 6.09 Å². The first-order chi connectivity index (χ1) is 7.65. The number of carbonyl (C=O) groups is 1. The van der Waals surface area contributed by atoms with Crippen LogP contribution in [-0.2, 0) is 11.8 Å². The van der Waals surface area contributed by atoms with Crippen molar-refractivity contribution in [2.45, 2.75) is 18.9 Å². The number of amides is 1. The summed E-state index contributed by atoms with van der Waals surface area (Å²) in [6.45, 7) is 2.44. The van der Waals surface area contributed by atoms with Gasteiger partial charge in [-0.05, 0) is 24.6 Å². The lowest BCUT2D eigenvalue weighted by atomic mass is 9.97. The van der Waals surface area contributed by atoms with Crippen LogP contribution in [0.5, 0.6) is 0 Å². The number of nitrogens with one attached hydrogen (secondary N) is 1. The van der Waals surface area contributed by atoms with Crippen LogP contribution in [0.15, 0.2) is 24.4 Å². The van der Waals surface area contributed by atoms with Gasteiger partial charge in [0.05, 0.1) is 5.54 Å². The minimum absolute atomic E-state index is 0.335. The van der Waals surface area contributed by atoms with Gasteiger partial charge in [0.15, 0.2) is 0 Å². The second kappa shape index (κ2) is 4.04. The van der Waals surface area contributed by atoms with E-state index < -0.39 is 0 Å². The van der Waals surface area contributed by atoms with Crippen LogP contribution in [0, 0.1) is 0 Å². The molecule has 1 aliphatic heterocycles. The maximum absolute atomic E-state index is 11.1. The molecule has 1 saturated heterocycles. The molecule has 86 valence electrons. The second-order valence-electron chi connectivity index (χ2n) is 4.09. The summed E-state index contributed by atoms with van der Waals surface area (Å²) >= 11 is 0. The number of nitrogens with zero attached hydrogens (tertiary/aromatic N) is 1. The summed E-state index contributed by atoms with van der Waals surface area (Å²) < 4.78 is 6.98. The van der Waals surface area contributed by atoms with E-state index in [-0.39, 0.29) is 11.6 Å². The molecule has 4 heteroatoms. The monoisotopic (exact) mass is 220 g/mol. The smallest absolute Gasteiger partial charge is 0.408 e. The first kappa shape index (κ1) is 10.8. The molecule has 0 unspecified atom stereocenters. The highest BCUT2D eigenvalue weighted by atomic mass is 16.6. The highest BCUT2D eigenvalue weighted by Gasteiger charge is 2.35. The lowest BCUT2D eigenvalue weighted by molar-refractivity contribution is 0.174. The molecule has 0 aromatic carbocycles. The van der Waals surface area contributed by atoms with Crippen LogP contribution in [0.2, 0.25) is 0 Å². The summed E-state index contributed by atoms with van der Waals surface area (Å²) in [4.78, 5) is 11.1. The topological polar surface area (TPSA) is 43.3 Å². The molecule has 1 N–H and O–H groups in total. The molecule has 2 rings (SSSR count). The van der Waals surface area contributed by atoms with Crippen molar-refractivity contribution in [3.8, 4) is 0 Å². The summed E-state index contributed by atoms with van der Waals surface area (Å²) in [6, 6.07) is 4.01. The van der Waals surface area contributed by atoms with Gasteiger partial charge in [0.2, 0.25) is 0 Å². The summed E-state index contributed by atoms with van der Waals surface area (Å²) in [6.07, 6.45) is 6.49. The van der Waals surface area contributed by atoms with Gasteiger partial charge in [-0.25, -0.2) is 4.79 Å². The van der Waals surface area contributed by atoms with Crippen molar-refractivity contribution in [2.24, 2.45) is 7.05 Å².